The first-order valence-corrected chi connectivity index (χ1v) is 7.06. The maximum absolute atomic E-state index is 13.0. The number of benzene rings is 1. The van der Waals surface area contributed by atoms with Gasteiger partial charge in [0.05, 0.1) is 0 Å². The van der Waals surface area contributed by atoms with Crippen LogP contribution in [0.4, 0.5) is 0 Å². The van der Waals surface area contributed by atoms with Crippen molar-refractivity contribution in [3.8, 4) is 0 Å². The van der Waals surface area contributed by atoms with Crippen LogP contribution in [-0.4, -0.2) is 33.6 Å². The summed E-state index contributed by atoms with van der Waals surface area (Å²) in [7, 11) is 2.06. The van der Waals surface area contributed by atoms with E-state index in [0.717, 1.165) is 24.1 Å². The van der Waals surface area contributed by atoms with Crippen LogP contribution in [0.2, 0.25) is 0 Å². The van der Waals surface area contributed by atoms with Crippen molar-refractivity contribution in [1.29, 1.82) is 0 Å². The Labute approximate surface area is 116 Å². The van der Waals surface area contributed by atoms with Gasteiger partial charge in [0, 0.05) is 18.4 Å². The molecule has 1 aromatic carbocycles. The molecule has 2 rings (SSSR count). The molecule has 1 aromatic rings. The lowest BCUT2D eigenvalue weighted by atomic mass is 9.91. The first-order valence-electron chi connectivity index (χ1n) is 7.06. The Hall–Kier alpha value is -1.35. The van der Waals surface area contributed by atoms with Crippen molar-refractivity contribution in [2.75, 3.05) is 7.05 Å². The largest absolute Gasteiger partial charge is 0.622 e. The van der Waals surface area contributed by atoms with E-state index in [-0.39, 0.29) is 5.54 Å². The van der Waals surface area contributed by atoms with E-state index < -0.39 is 5.66 Å². The maximum atomic E-state index is 13.0. The second-order valence-electron chi connectivity index (χ2n) is 5.82. The summed E-state index contributed by atoms with van der Waals surface area (Å²) >= 11 is 0. The predicted octanol–water partition coefficient (Wildman–Crippen LogP) is 3.23. The molecule has 3 heteroatoms. The van der Waals surface area contributed by atoms with Crippen LogP contribution in [-0.2, 0) is 0 Å². The van der Waals surface area contributed by atoms with Crippen LogP contribution in [0.25, 0.3) is 0 Å². The van der Waals surface area contributed by atoms with Crippen LogP contribution in [0.1, 0.15) is 46.1 Å². The minimum atomic E-state index is -0.422. The second-order valence-corrected chi connectivity index (χ2v) is 5.82. The zero-order chi connectivity index (χ0) is 14.3. The average Bonchev–Trinajstić information content (AvgIpc) is 2.56. The standard InChI is InChI=1S/C16H24N2O/c1-6-16(7-2)17(5)15(3,4)14(18(16)19)13-11-9-8-10-12-13/h8-12H,6-7H2,1-5H3. The quantitative estimate of drug-likeness (QED) is 0.617. The number of rotatable bonds is 3. The molecule has 0 saturated carbocycles. The smallest absolute Gasteiger partial charge is 0.229 e. The molecule has 0 aromatic heterocycles. The summed E-state index contributed by atoms with van der Waals surface area (Å²) in [5, 5.41) is 13.0. The van der Waals surface area contributed by atoms with Gasteiger partial charge in [0.1, 0.15) is 5.54 Å². The van der Waals surface area contributed by atoms with Crippen molar-refractivity contribution in [2.45, 2.75) is 51.7 Å². The van der Waals surface area contributed by atoms with Crippen molar-refractivity contribution < 1.29 is 4.74 Å². The maximum Gasteiger partial charge on any atom is 0.229 e. The summed E-state index contributed by atoms with van der Waals surface area (Å²) < 4.78 is 1.25. The molecule has 0 saturated heterocycles. The van der Waals surface area contributed by atoms with Crippen LogP contribution >= 0.6 is 0 Å². The highest BCUT2D eigenvalue weighted by atomic mass is 16.5. The van der Waals surface area contributed by atoms with E-state index in [1.165, 1.54) is 4.74 Å². The van der Waals surface area contributed by atoms with Gasteiger partial charge in [-0.15, -0.1) is 0 Å². The van der Waals surface area contributed by atoms with Gasteiger partial charge in [-0.2, -0.15) is 4.74 Å². The van der Waals surface area contributed by atoms with E-state index in [1.54, 1.807) is 0 Å². The SMILES string of the molecule is CCC1(CC)N(C)C(C)(C)C(c2ccccc2)=[N+]1[O-]. The van der Waals surface area contributed by atoms with Gasteiger partial charge in [-0.05, 0) is 33.0 Å². The first-order chi connectivity index (χ1) is 8.91. The normalized spacial score (nSPS) is 21.9. The fourth-order valence-corrected chi connectivity index (χ4v) is 3.35. The molecular formula is C16H24N2O. The van der Waals surface area contributed by atoms with E-state index in [9.17, 15) is 5.21 Å². The van der Waals surface area contributed by atoms with Crippen molar-refractivity contribution in [3.63, 3.8) is 0 Å². The summed E-state index contributed by atoms with van der Waals surface area (Å²) in [6.45, 7) is 8.45. The number of hydroxylamine groups is 1. The fraction of sp³-hybridized carbons (Fsp3) is 0.562. The molecule has 0 spiro atoms. The highest BCUT2D eigenvalue weighted by Gasteiger charge is 2.57. The third kappa shape index (κ3) is 1.79. The summed E-state index contributed by atoms with van der Waals surface area (Å²) in [5.41, 5.74) is 1.22. The zero-order valence-electron chi connectivity index (χ0n) is 12.6. The Morgan fingerprint density at radius 3 is 2.05 bits per heavy atom. The molecule has 0 N–H and O–H groups in total. The average molecular weight is 260 g/mol. The van der Waals surface area contributed by atoms with Gasteiger partial charge in [-0.3, -0.25) is 0 Å². The highest BCUT2D eigenvalue weighted by Crippen LogP contribution is 2.39. The van der Waals surface area contributed by atoms with Gasteiger partial charge < -0.3 is 5.21 Å². The predicted molar refractivity (Wildman–Crippen MR) is 79.3 cm³/mol. The zero-order valence-corrected chi connectivity index (χ0v) is 12.6. The molecule has 104 valence electrons. The minimum Gasteiger partial charge on any atom is -0.622 e. The lowest BCUT2D eigenvalue weighted by molar-refractivity contribution is -0.568. The topological polar surface area (TPSA) is 29.3 Å². The molecule has 1 heterocycles. The Kier molecular flexibility index (Phi) is 3.43. The van der Waals surface area contributed by atoms with Crippen molar-refractivity contribution in [1.82, 2.24) is 4.90 Å². The molecule has 0 unspecified atom stereocenters. The first kappa shape index (κ1) is 14.1. The molecule has 0 amide bonds. The van der Waals surface area contributed by atoms with E-state index >= 15 is 0 Å². The summed E-state index contributed by atoms with van der Waals surface area (Å²) in [6.07, 6.45) is 1.65. The Morgan fingerprint density at radius 2 is 1.63 bits per heavy atom. The van der Waals surface area contributed by atoms with Crippen LogP contribution in [0, 0.1) is 5.21 Å². The van der Waals surface area contributed by atoms with Gasteiger partial charge >= 0.3 is 0 Å². The number of nitrogens with zero attached hydrogens (tertiary/aromatic N) is 2. The van der Waals surface area contributed by atoms with Crippen LogP contribution < -0.4 is 0 Å². The lowest BCUT2D eigenvalue weighted by Crippen LogP contribution is -2.53. The Bertz CT molecular complexity index is 487. The molecule has 1 aliphatic heterocycles. The van der Waals surface area contributed by atoms with Gasteiger partial charge in [0.25, 0.3) is 0 Å². The Balaban J connectivity index is 2.66. The van der Waals surface area contributed by atoms with Crippen molar-refractivity contribution in [2.24, 2.45) is 0 Å². The molecule has 0 aliphatic carbocycles. The third-order valence-electron chi connectivity index (χ3n) is 4.80. The molecule has 0 bridgehead atoms. The monoisotopic (exact) mass is 260 g/mol. The number of likely N-dealkylation sites (N-methyl/N-ethyl adjacent to an activating group) is 1. The van der Waals surface area contributed by atoms with Gasteiger partial charge in [-0.25, -0.2) is 4.90 Å². The number of hydrogen-bond acceptors (Lipinski definition) is 2. The number of hydrogen-bond donors (Lipinski definition) is 0. The molecule has 3 nitrogen and oxygen atoms in total. The van der Waals surface area contributed by atoms with E-state index in [4.69, 9.17) is 0 Å². The van der Waals surface area contributed by atoms with Crippen molar-refractivity contribution in [3.05, 3.63) is 41.1 Å². The minimum absolute atomic E-state index is 0.255. The van der Waals surface area contributed by atoms with Crippen LogP contribution in [0.15, 0.2) is 30.3 Å². The van der Waals surface area contributed by atoms with Gasteiger partial charge in [0.2, 0.25) is 11.4 Å². The van der Waals surface area contributed by atoms with Crippen molar-refractivity contribution >= 4 is 5.71 Å². The third-order valence-corrected chi connectivity index (χ3v) is 4.80. The van der Waals surface area contributed by atoms with E-state index in [2.05, 4.69) is 39.6 Å². The Morgan fingerprint density at radius 1 is 1.11 bits per heavy atom. The summed E-state index contributed by atoms with van der Waals surface area (Å²) in [6, 6.07) is 10.0. The molecule has 0 atom stereocenters. The highest BCUT2D eigenvalue weighted by molar-refractivity contribution is 6.04. The molecule has 1 aliphatic rings. The summed E-state index contributed by atoms with van der Waals surface area (Å²) in [5.74, 6) is 0. The molecule has 0 fully saturated rings. The fourth-order valence-electron chi connectivity index (χ4n) is 3.35. The van der Waals surface area contributed by atoms with E-state index in [1.807, 2.05) is 30.3 Å². The summed E-state index contributed by atoms with van der Waals surface area (Å²) in [4.78, 5) is 2.23. The van der Waals surface area contributed by atoms with Crippen LogP contribution in [0.5, 0.6) is 0 Å². The molecule has 0 radical (unpaired) electrons. The lowest BCUT2D eigenvalue weighted by Gasteiger charge is -2.36. The van der Waals surface area contributed by atoms with E-state index in [0.29, 0.717) is 0 Å². The molecule has 19 heavy (non-hydrogen) atoms. The second kappa shape index (κ2) is 4.64. The van der Waals surface area contributed by atoms with Crippen LogP contribution in [0.3, 0.4) is 0 Å². The van der Waals surface area contributed by atoms with Gasteiger partial charge in [-0.1, -0.05) is 32.0 Å². The molecular weight excluding hydrogens is 236 g/mol. The van der Waals surface area contributed by atoms with Gasteiger partial charge in [0.15, 0.2) is 0 Å².